The smallest absolute Gasteiger partial charge is 0.323 e. The van der Waals surface area contributed by atoms with E-state index in [-0.39, 0.29) is 12.6 Å². The Hall–Kier alpha value is -1.63. The van der Waals surface area contributed by atoms with Crippen molar-refractivity contribution >= 4 is 28.5 Å². The molecule has 1 aromatic rings. The van der Waals surface area contributed by atoms with E-state index < -0.39 is 11.4 Å². The number of aryl methyl sites for hydroxylation is 1. The monoisotopic (exact) mass is 337 g/mol. The van der Waals surface area contributed by atoms with E-state index in [1.807, 2.05) is 0 Å². The second-order valence-electron chi connectivity index (χ2n) is 6.87. The summed E-state index contributed by atoms with van der Waals surface area (Å²) in [5, 5.41) is 12.7. The lowest BCUT2D eigenvalue weighted by Gasteiger charge is -2.19. The average molecular weight is 337 g/mol. The molecule has 2 unspecified atom stereocenters. The van der Waals surface area contributed by atoms with Crippen molar-refractivity contribution in [2.24, 2.45) is 11.3 Å². The normalized spacial score (nSPS) is 26.9. The van der Waals surface area contributed by atoms with Gasteiger partial charge in [-0.2, -0.15) is 0 Å². The van der Waals surface area contributed by atoms with Crippen molar-refractivity contribution in [3.8, 4) is 0 Å². The van der Waals surface area contributed by atoms with Gasteiger partial charge < -0.3 is 10.0 Å². The van der Waals surface area contributed by atoms with E-state index in [1.54, 1.807) is 23.2 Å². The number of aromatic nitrogens is 1. The number of nitrogens with zero attached hydrogens (tertiary/aromatic N) is 2. The molecular weight excluding hydrogens is 314 g/mol. The van der Waals surface area contributed by atoms with E-state index in [1.165, 1.54) is 17.7 Å². The number of urea groups is 1. The molecule has 2 aliphatic rings. The third-order valence-electron chi connectivity index (χ3n) is 5.11. The van der Waals surface area contributed by atoms with Crippen LogP contribution in [0.5, 0.6) is 0 Å². The number of carbonyl (C=O) groups is 2. The fraction of sp³-hybridized carbons (Fsp3) is 0.688. The van der Waals surface area contributed by atoms with Crippen LogP contribution in [0, 0.1) is 11.3 Å². The lowest BCUT2D eigenvalue weighted by atomic mass is 9.89. The summed E-state index contributed by atoms with van der Waals surface area (Å²) in [6.07, 6.45) is 4.88. The van der Waals surface area contributed by atoms with Gasteiger partial charge in [0.15, 0.2) is 5.13 Å². The highest BCUT2D eigenvalue weighted by molar-refractivity contribution is 7.15. The molecule has 7 heteroatoms. The SMILES string of the molecule is CCC1CCc2nc(NC(=O)N3CCC(C)(C(=O)O)C3)sc2C1. The molecule has 2 amide bonds. The Morgan fingerprint density at radius 2 is 2.30 bits per heavy atom. The van der Waals surface area contributed by atoms with Gasteiger partial charge in [-0.05, 0) is 38.5 Å². The zero-order chi connectivity index (χ0) is 16.6. The van der Waals surface area contributed by atoms with Gasteiger partial charge in [-0.15, -0.1) is 11.3 Å². The van der Waals surface area contributed by atoms with Gasteiger partial charge in [0.05, 0.1) is 11.1 Å². The molecule has 6 nitrogen and oxygen atoms in total. The molecule has 0 bridgehead atoms. The highest BCUT2D eigenvalue weighted by Crippen LogP contribution is 2.34. The molecule has 1 aromatic heterocycles. The minimum Gasteiger partial charge on any atom is -0.481 e. The summed E-state index contributed by atoms with van der Waals surface area (Å²) >= 11 is 1.56. The van der Waals surface area contributed by atoms with Crippen molar-refractivity contribution in [3.05, 3.63) is 10.6 Å². The maximum atomic E-state index is 12.3. The number of anilines is 1. The lowest BCUT2D eigenvalue weighted by Crippen LogP contribution is -2.37. The molecule has 3 rings (SSSR count). The van der Waals surface area contributed by atoms with Crippen molar-refractivity contribution in [1.29, 1.82) is 0 Å². The largest absolute Gasteiger partial charge is 0.481 e. The van der Waals surface area contributed by atoms with Crippen LogP contribution in [0.3, 0.4) is 0 Å². The fourth-order valence-corrected chi connectivity index (χ4v) is 4.44. The van der Waals surface area contributed by atoms with Crippen LogP contribution >= 0.6 is 11.3 Å². The molecule has 0 saturated carbocycles. The minimum absolute atomic E-state index is 0.242. The number of hydrogen-bond donors (Lipinski definition) is 2. The number of fused-ring (bicyclic) bond motifs is 1. The Labute approximate surface area is 139 Å². The van der Waals surface area contributed by atoms with Crippen LogP contribution in [0.25, 0.3) is 0 Å². The third-order valence-corrected chi connectivity index (χ3v) is 6.15. The predicted molar refractivity (Wildman–Crippen MR) is 88.9 cm³/mol. The van der Waals surface area contributed by atoms with Gasteiger partial charge in [0, 0.05) is 18.0 Å². The number of nitrogens with one attached hydrogen (secondary N) is 1. The van der Waals surface area contributed by atoms with Crippen LogP contribution in [0.4, 0.5) is 9.93 Å². The summed E-state index contributed by atoms with van der Waals surface area (Å²) in [4.78, 5) is 31.0. The zero-order valence-corrected chi connectivity index (χ0v) is 14.4. The van der Waals surface area contributed by atoms with Crippen molar-refractivity contribution in [1.82, 2.24) is 9.88 Å². The Morgan fingerprint density at radius 1 is 1.52 bits per heavy atom. The third kappa shape index (κ3) is 3.20. The van der Waals surface area contributed by atoms with E-state index in [0.717, 1.165) is 24.5 Å². The fourth-order valence-electron chi connectivity index (χ4n) is 3.32. The molecular formula is C16H23N3O3S. The maximum Gasteiger partial charge on any atom is 0.323 e. The Kier molecular flexibility index (Phi) is 4.31. The summed E-state index contributed by atoms with van der Waals surface area (Å²) in [6.45, 7) is 4.62. The van der Waals surface area contributed by atoms with Crippen LogP contribution in [-0.4, -0.2) is 40.1 Å². The van der Waals surface area contributed by atoms with E-state index in [2.05, 4.69) is 17.2 Å². The summed E-state index contributed by atoms with van der Waals surface area (Å²) in [5.74, 6) is -0.121. The van der Waals surface area contributed by atoms with E-state index in [9.17, 15) is 14.7 Å². The van der Waals surface area contributed by atoms with Gasteiger partial charge in [0.2, 0.25) is 0 Å². The molecule has 2 atom stereocenters. The van der Waals surface area contributed by atoms with Crippen LogP contribution in [0.15, 0.2) is 0 Å². The molecule has 1 saturated heterocycles. The average Bonchev–Trinajstić information content (AvgIpc) is 3.10. The first kappa shape index (κ1) is 16.2. The van der Waals surface area contributed by atoms with Gasteiger partial charge in [-0.3, -0.25) is 10.1 Å². The van der Waals surface area contributed by atoms with Crippen LogP contribution < -0.4 is 5.32 Å². The van der Waals surface area contributed by atoms with Gasteiger partial charge in [-0.25, -0.2) is 9.78 Å². The minimum atomic E-state index is -0.844. The van der Waals surface area contributed by atoms with Crippen molar-refractivity contribution < 1.29 is 14.7 Å². The van der Waals surface area contributed by atoms with Gasteiger partial charge >= 0.3 is 12.0 Å². The Morgan fingerprint density at radius 3 is 2.96 bits per heavy atom. The van der Waals surface area contributed by atoms with E-state index >= 15 is 0 Å². The Balaban J connectivity index is 1.63. The number of rotatable bonds is 3. The number of carbonyl (C=O) groups excluding carboxylic acids is 1. The lowest BCUT2D eigenvalue weighted by molar-refractivity contribution is -0.146. The van der Waals surface area contributed by atoms with Gasteiger partial charge in [0.1, 0.15) is 0 Å². The number of carboxylic acid groups (broad SMARTS) is 1. The molecule has 126 valence electrons. The number of carboxylic acids is 1. The molecule has 2 N–H and O–H groups in total. The zero-order valence-electron chi connectivity index (χ0n) is 13.6. The maximum absolute atomic E-state index is 12.3. The van der Waals surface area contributed by atoms with Crippen molar-refractivity contribution in [3.63, 3.8) is 0 Å². The van der Waals surface area contributed by atoms with E-state index in [4.69, 9.17) is 0 Å². The first-order valence-corrected chi connectivity index (χ1v) is 9.01. The second-order valence-corrected chi connectivity index (χ2v) is 7.96. The van der Waals surface area contributed by atoms with Crippen molar-refractivity contribution in [2.45, 2.75) is 46.0 Å². The Bertz CT molecular complexity index is 630. The number of likely N-dealkylation sites (tertiary alicyclic amines) is 1. The molecule has 1 aliphatic carbocycles. The summed E-state index contributed by atoms with van der Waals surface area (Å²) in [6, 6.07) is -0.242. The van der Waals surface area contributed by atoms with Crippen LogP contribution in [-0.2, 0) is 17.6 Å². The quantitative estimate of drug-likeness (QED) is 0.888. The molecule has 1 fully saturated rings. The number of hydrogen-bond acceptors (Lipinski definition) is 4. The summed E-state index contributed by atoms with van der Waals surface area (Å²) < 4.78 is 0. The molecule has 0 radical (unpaired) electrons. The first-order valence-electron chi connectivity index (χ1n) is 8.19. The number of aliphatic carboxylic acids is 1. The van der Waals surface area contributed by atoms with E-state index in [0.29, 0.717) is 18.1 Å². The molecule has 1 aliphatic heterocycles. The number of amides is 2. The van der Waals surface area contributed by atoms with Crippen LogP contribution in [0.2, 0.25) is 0 Å². The van der Waals surface area contributed by atoms with Gasteiger partial charge in [0.25, 0.3) is 0 Å². The molecule has 0 spiro atoms. The standard InChI is InChI=1S/C16H23N3O3S/c1-3-10-4-5-11-12(8-10)23-14(17-11)18-15(22)19-7-6-16(2,9-19)13(20)21/h10H,3-9H2,1-2H3,(H,20,21)(H,17,18,22). The topological polar surface area (TPSA) is 82.5 Å². The van der Waals surface area contributed by atoms with Gasteiger partial charge in [-0.1, -0.05) is 13.3 Å². The highest BCUT2D eigenvalue weighted by atomic mass is 32.1. The second kappa shape index (κ2) is 6.11. The predicted octanol–water partition coefficient (Wildman–Crippen LogP) is 2.99. The van der Waals surface area contributed by atoms with Crippen LogP contribution in [0.1, 0.15) is 43.7 Å². The first-order chi connectivity index (χ1) is 10.9. The molecule has 0 aromatic carbocycles. The summed E-state index contributed by atoms with van der Waals surface area (Å²) in [5.41, 5.74) is 0.278. The summed E-state index contributed by atoms with van der Waals surface area (Å²) in [7, 11) is 0. The number of thiazole rings is 1. The highest BCUT2D eigenvalue weighted by Gasteiger charge is 2.42. The molecule has 23 heavy (non-hydrogen) atoms. The van der Waals surface area contributed by atoms with Crippen molar-refractivity contribution in [2.75, 3.05) is 18.4 Å². The molecule has 2 heterocycles.